The largest absolute Gasteiger partial charge is 0.309 e. The standard InChI is InChI=1S/C9H12N6OS2/c1-5-13-14-9(15(5)2)18-4-6-3-17-8(11-6)7(16)12-10/h3H,4,10H2,1-2H3,(H,12,16). The molecule has 2 rings (SSSR count). The summed E-state index contributed by atoms with van der Waals surface area (Å²) < 4.78 is 1.91. The first-order chi connectivity index (χ1) is 8.61. The lowest BCUT2D eigenvalue weighted by Gasteiger charge is -1.99. The van der Waals surface area contributed by atoms with Gasteiger partial charge in [-0.25, -0.2) is 10.8 Å². The first-order valence-corrected chi connectivity index (χ1v) is 6.92. The molecule has 7 nitrogen and oxygen atoms in total. The molecular weight excluding hydrogens is 272 g/mol. The number of nitrogens with two attached hydrogens (primary N) is 1. The van der Waals surface area contributed by atoms with Crippen molar-refractivity contribution in [3.05, 3.63) is 21.9 Å². The maximum atomic E-state index is 11.2. The lowest BCUT2D eigenvalue weighted by Crippen LogP contribution is -2.29. The Balaban J connectivity index is 2.00. The maximum Gasteiger partial charge on any atom is 0.294 e. The first kappa shape index (κ1) is 13.0. The van der Waals surface area contributed by atoms with Crippen molar-refractivity contribution in [1.82, 2.24) is 25.2 Å². The van der Waals surface area contributed by atoms with E-state index in [1.165, 1.54) is 23.1 Å². The van der Waals surface area contributed by atoms with Gasteiger partial charge in [-0.2, -0.15) is 0 Å². The summed E-state index contributed by atoms with van der Waals surface area (Å²) in [6.45, 7) is 1.89. The van der Waals surface area contributed by atoms with E-state index >= 15 is 0 Å². The Labute approximate surface area is 112 Å². The van der Waals surface area contributed by atoms with Crippen LogP contribution in [-0.2, 0) is 12.8 Å². The molecule has 0 unspecified atom stereocenters. The summed E-state index contributed by atoms with van der Waals surface area (Å²) in [7, 11) is 1.91. The van der Waals surface area contributed by atoms with Crippen molar-refractivity contribution >= 4 is 29.0 Å². The molecule has 0 saturated carbocycles. The number of hydrazine groups is 1. The Hall–Kier alpha value is -1.45. The van der Waals surface area contributed by atoms with Crippen LogP contribution in [0.4, 0.5) is 0 Å². The SMILES string of the molecule is Cc1nnc(SCc2csc(C(=O)NN)n2)n1C. The summed E-state index contributed by atoms with van der Waals surface area (Å²) in [5, 5.41) is 11.0. The molecule has 2 heterocycles. The van der Waals surface area contributed by atoms with E-state index in [0.29, 0.717) is 10.8 Å². The van der Waals surface area contributed by atoms with Gasteiger partial charge < -0.3 is 4.57 Å². The van der Waals surface area contributed by atoms with Gasteiger partial charge in [0.1, 0.15) is 5.82 Å². The van der Waals surface area contributed by atoms with Gasteiger partial charge in [0.25, 0.3) is 5.91 Å². The minimum atomic E-state index is -0.370. The molecule has 9 heteroatoms. The van der Waals surface area contributed by atoms with Crippen LogP contribution in [0.3, 0.4) is 0 Å². The number of hydrogen-bond acceptors (Lipinski definition) is 7. The molecule has 2 aromatic heterocycles. The monoisotopic (exact) mass is 284 g/mol. The number of hydrogen-bond donors (Lipinski definition) is 2. The average molecular weight is 284 g/mol. The number of carbonyl (C=O) groups is 1. The van der Waals surface area contributed by atoms with E-state index < -0.39 is 0 Å². The number of carbonyl (C=O) groups excluding carboxylic acids is 1. The lowest BCUT2D eigenvalue weighted by molar-refractivity contribution is 0.0953. The van der Waals surface area contributed by atoms with Gasteiger partial charge in [0.2, 0.25) is 0 Å². The normalized spacial score (nSPS) is 10.6. The molecule has 2 aromatic rings. The summed E-state index contributed by atoms with van der Waals surface area (Å²) in [6, 6.07) is 0. The summed E-state index contributed by atoms with van der Waals surface area (Å²) in [4.78, 5) is 15.4. The highest BCUT2D eigenvalue weighted by Gasteiger charge is 2.11. The average Bonchev–Trinajstić information content (AvgIpc) is 2.96. The highest BCUT2D eigenvalue weighted by atomic mass is 32.2. The zero-order chi connectivity index (χ0) is 13.1. The van der Waals surface area contributed by atoms with E-state index in [2.05, 4.69) is 20.6 Å². The van der Waals surface area contributed by atoms with Gasteiger partial charge in [-0.05, 0) is 6.92 Å². The molecule has 96 valence electrons. The molecule has 0 radical (unpaired) electrons. The summed E-state index contributed by atoms with van der Waals surface area (Å²) in [5.74, 6) is 6.17. The maximum absolute atomic E-state index is 11.2. The van der Waals surface area contributed by atoms with Gasteiger partial charge in [0.15, 0.2) is 10.2 Å². The number of thioether (sulfide) groups is 1. The number of amides is 1. The summed E-state index contributed by atoms with van der Waals surface area (Å²) in [6.07, 6.45) is 0. The van der Waals surface area contributed by atoms with Gasteiger partial charge in [0.05, 0.1) is 5.69 Å². The third-order valence-electron chi connectivity index (χ3n) is 2.28. The highest BCUT2D eigenvalue weighted by Crippen LogP contribution is 2.21. The molecule has 0 aromatic carbocycles. The molecule has 0 aliphatic rings. The van der Waals surface area contributed by atoms with Crippen LogP contribution in [0.15, 0.2) is 10.5 Å². The number of nitrogens with zero attached hydrogens (tertiary/aromatic N) is 4. The first-order valence-electron chi connectivity index (χ1n) is 5.06. The van der Waals surface area contributed by atoms with Gasteiger partial charge in [0, 0.05) is 18.2 Å². The minimum Gasteiger partial charge on any atom is -0.309 e. The van der Waals surface area contributed by atoms with E-state index in [-0.39, 0.29) is 5.91 Å². The second-order valence-electron chi connectivity index (χ2n) is 3.49. The predicted octanol–water partition coefficient (Wildman–Crippen LogP) is 0.476. The fraction of sp³-hybridized carbons (Fsp3) is 0.333. The van der Waals surface area contributed by atoms with Crippen LogP contribution in [0.25, 0.3) is 0 Å². The Morgan fingerprint density at radius 3 is 3.00 bits per heavy atom. The van der Waals surface area contributed by atoms with Crippen molar-refractivity contribution in [2.24, 2.45) is 12.9 Å². The molecule has 18 heavy (non-hydrogen) atoms. The van der Waals surface area contributed by atoms with Crippen LogP contribution in [0, 0.1) is 6.92 Å². The number of aryl methyl sites for hydroxylation is 1. The molecule has 0 bridgehead atoms. The second-order valence-corrected chi connectivity index (χ2v) is 5.30. The molecule has 1 amide bonds. The third kappa shape index (κ3) is 2.68. The van der Waals surface area contributed by atoms with Crippen LogP contribution < -0.4 is 11.3 Å². The fourth-order valence-corrected chi connectivity index (χ4v) is 2.87. The van der Waals surface area contributed by atoms with E-state index in [0.717, 1.165) is 16.7 Å². The summed E-state index contributed by atoms with van der Waals surface area (Å²) >= 11 is 2.79. The number of nitrogen functional groups attached to an aromatic ring is 1. The number of thiazole rings is 1. The van der Waals surface area contributed by atoms with Gasteiger partial charge in [-0.1, -0.05) is 11.8 Å². The van der Waals surface area contributed by atoms with Gasteiger partial charge in [-0.3, -0.25) is 10.2 Å². The van der Waals surface area contributed by atoms with E-state index in [4.69, 9.17) is 5.84 Å². The highest BCUT2D eigenvalue weighted by molar-refractivity contribution is 7.98. The van der Waals surface area contributed by atoms with Crippen molar-refractivity contribution in [1.29, 1.82) is 0 Å². The van der Waals surface area contributed by atoms with E-state index in [1.807, 2.05) is 23.9 Å². The van der Waals surface area contributed by atoms with Crippen LogP contribution in [0.1, 0.15) is 21.3 Å². The fourth-order valence-electron chi connectivity index (χ4n) is 1.19. The van der Waals surface area contributed by atoms with Crippen LogP contribution >= 0.6 is 23.1 Å². The van der Waals surface area contributed by atoms with Crippen molar-refractivity contribution < 1.29 is 4.79 Å². The molecule has 0 spiro atoms. The second kappa shape index (κ2) is 5.46. The van der Waals surface area contributed by atoms with E-state index in [1.54, 1.807) is 0 Å². The van der Waals surface area contributed by atoms with Gasteiger partial charge >= 0.3 is 0 Å². The van der Waals surface area contributed by atoms with Crippen molar-refractivity contribution in [3.63, 3.8) is 0 Å². The van der Waals surface area contributed by atoms with Crippen molar-refractivity contribution in [2.45, 2.75) is 17.8 Å². The van der Waals surface area contributed by atoms with Crippen molar-refractivity contribution in [2.75, 3.05) is 0 Å². The number of aromatic nitrogens is 4. The molecule has 3 N–H and O–H groups in total. The zero-order valence-electron chi connectivity index (χ0n) is 9.88. The zero-order valence-corrected chi connectivity index (χ0v) is 11.5. The Bertz CT molecular complexity index is 563. The molecule has 0 saturated heterocycles. The van der Waals surface area contributed by atoms with E-state index in [9.17, 15) is 4.79 Å². The molecule has 0 aliphatic carbocycles. The Morgan fingerprint density at radius 2 is 2.39 bits per heavy atom. The molecular formula is C9H12N6OS2. The number of nitrogens with one attached hydrogen (secondary N) is 1. The minimum absolute atomic E-state index is 0.363. The van der Waals surface area contributed by atoms with Crippen LogP contribution in [0.5, 0.6) is 0 Å². The molecule has 0 atom stereocenters. The Morgan fingerprint density at radius 1 is 1.61 bits per heavy atom. The topological polar surface area (TPSA) is 98.7 Å². The molecule has 0 fully saturated rings. The lowest BCUT2D eigenvalue weighted by atomic mass is 10.5. The predicted molar refractivity (Wildman–Crippen MR) is 69.1 cm³/mol. The third-order valence-corrected chi connectivity index (χ3v) is 4.22. The quantitative estimate of drug-likeness (QED) is 0.366. The molecule has 0 aliphatic heterocycles. The smallest absolute Gasteiger partial charge is 0.294 e. The van der Waals surface area contributed by atoms with Crippen molar-refractivity contribution in [3.8, 4) is 0 Å². The van der Waals surface area contributed by atoms with Crippen LogP contribution in [0.2, 0.25) is 0 Å². The Kier molecular flexibility index (Phi) is 3.94. The van der Waals surface area contributed by atoms with Crippen LogP contribution in [-0.4, -0.2) is 25.7 Å². The van der Waals surface area contributed by atoms with Gasteiger partial charge in [-0.15, -0.1) is 21.5 Å². The number of rotatable bonds is 4. The summed E-state index contributed by atoms with van der Waals surface area (Å²) in [5.41, 5.74) is 2.88.